The van der Waals surface area contributed by atoms with E-state index in [1.165, 1.54) is 0 Å². The molecule has 0 unspecified atom stereocenters. The number of carbonyl (C=O) groups excluding carboxylic acids is 1. The fourth-order valence-corrected chi connectivity index (χ4v) is 3.92. The van der Waals surface area contributed by atoms with Crippen LogP contribution in [0.15, 0.2) is 36.9 Å². The Morgan fingerprint density at radius 1 is 1.00 bits per heavy atom. The Labute approximate surface area is 152 Å². The minimum absolute atomic E-state index is 0.0238. The van der Waals surface area contributed by atoms with Crippen LogP contribution in [0, 0.1) is 11.8 Å². The molecule has 2 saturated heterocycles. The number of nitrogens with one attached hydrogen (secondary N) is 1. The topological polar surface area (TPSA) is 78.3 Å². The van der Waals surface area contributed by atoms with E-state index in [4.69, 9.17) is 9.47 Å². The predicted octanol–water partition coefficient (Wildman–Crippen LogP) is 1.83. The van der Waals surface area contributed by atoms with Crippen molar-refractivity contribution < 1.29 is 14.3 Å². The van der Waals surface area contributed by atoms with Crippen molar-refractivity contribution in [3.05, 3.63) is 42.5 Å². The van der Waals surface area contributed by atoms with Gasteiger partial charge < -0.3 is 14.8 Å². The van der Waals surface area contributed by atoms with Gasteiger partial charge in [-0.05, 0) is 49.4 Å². The predicted molar refractivity (Wildman–Crippen MR) is 95.1 cm³/mol. The molecular weight excluding hydrogens is 332 g/mol. The molecule has 0 spiro atoms. The molecule has 2 fully saturated rings. The Morgan fingerprint density at radius 3 is 2.42 bits per heavy atom. The van der Waals surface area contributed by atoms with Gasteiger partial charge in [-0.3, -0.25) is 9.36 Å². The molecule has 2 aromatic rings. The standard InChI is InChI=1S/C19H24N4O3/c24-19(15-1-3-16(4-2-15)23-12-20-21-13-23)22-18-7-10-26-11-17(18)14-5-8-25-9-6-14/h1-4,12-14,17-18H,5-11H2,(H,22,24)/t17-,18-/m1/s1. The van der Waals surface area contributed by atoms with Crippen LogP contribution in [-0.4, -0.2) is 53.1 Å². The summed E-state index contributed by atoms with van der Waals surface area (Å²) in [7, 11) is 0. The lowest BCUT2D eigenvalue weighted by molar-refractivity contribution is -0.0259. The minimum Gasteiger partial charge on any atom is -0.381 e. The van der Waals surface area contributed by atoms with E-state index >= 15 is 0 Å². The first-order valence-electron chi connectivity index (χ1n) is 9.22. The summed E-state index contributed by atoms with van der Waals surface area (Å²) in [6.07, 6.45) is 6.24. The zero-order valence-electron chi connectivity index (χ0n) is 14.7. The van der Waals surface area contributed by atoms with E-state index in [2.05, 4.69) is 15.5 Å². The maximum atomic E-state index is 12.7. The van der Waals surface area contributed by atoms with Gasteiger partial charge in [0.2, 0.25) is 0 Å². The van der Waals surface area contributed by atoms with Crippen LogP contribution in [-0.2, 0) is 9.47 Å². The molecule has 0 saturated carbocycles. The average molecular weight is 356 g/mol. The second-order valence-electron chi connectivity index (χ2n) is 6.97. The lowest BCUT2D eigenvalue weighted by atomic mass is 9.79. The van der Waals surface area contributed by atoms with E-state index in [1.54, 1.807) is 17.2 Å². The number of ether oxygens (including phenoxy) is 2. The monoisotopic (exact) mass is 356 g/mol. The summed E-state index contributed by atoms with van der Waals surface area (Å²) in [6, 6.07) is 7.65. The smallest absolute Gasteiger partial charge is 0.251 e. The molecule has 7 heteroatoms. The van der Waals surface area contributed by atoms with Crippen LogP contribution in [0.3, 0.4) is 0 Å². The van der Waals surface area contributed by atoms with Crippen molar-refractivity contribution in [1.82, 2.24) is 20.1 Å². The highest BCUT2D eigenvalue weighted by molar-refractivity contribution is 5.94. The second-order valence-corrected chi connectivity index (χ2v) is 6.97. The molecule has 7 nitrogen and oxygen atoms in total. The second kappa shape index (κ2) is 7.97. The lowest BCUT2D eigenvalue weighted by Gasteiger charge is -2.39. The summed E-state index contributed by atoms with van der Waals surface area (Å²) in [4.78, 5) is 12.7. The Balaban J connectivity index is 1.42. The van der Waals surface area contributed by atoms with Crippen molar-refractivity contribution in [2.24, 2.45) is 11.8 Å². The van der Waals surface area contributed by atoms with E-state index in [0.29, 0.717) is 24.0 Å². The third-order valence-electron chi connectivity index (χ3n) is 5.43. The van der Waals surface area contributed by atoms with Gasteiger partial charge in [-0.15, -0.1) is 10.2 Å². The maximum Gasteiger partial charge on any atom is 0.251 e. The fourth-order valence-electron chi connectivity index (χ4n) is 3.92. The number of rotatable bonds is 4. The van der Waals surface area contributed by atoms with Crippen LogP contribution < -0.4 is 5.32 Å². The molecule has 1 amide bonds. The van der Waals surface area contributed by atoms with Crippen molar-refractivity contribution in [2.45, 2.75) is 25.3 Å². The third-order valence-corrected chi connectivity index (χ3v) is 5.43. The molecule has 4 rings (SSSR count). The fraction of sp³-hybridized carbons (Fsp3) is 0.526. The summed E-state index contributed by atoms with van der Waals surface area (Å²) in [6.45, 7) is 3.05. The summed E-state index contributed by atoms with van der Waals surface area (Å²) >= 11 is 0. The van der Waals surface area contributed by atoms with Crippen molar-refractivity contribution in [3.8, 4) is 5.69 Å². The number of aromatic nitrogens is 3. The zero-order valence-corrected chi connectivity index (χ0v) is 14.7. The van der Waals surface area contributed by atoms with Crippen LogP contribution in [0.1, 0.15) is 29.6 Å². The van der Waals surface area contributed by atoms with Gasteiger partial charge in [0, 0.05) is 43.0 Å². The molecule has 2 aliphatic rings. The van der Waals surface area contributed by atoms with Crippen molar-refractivity contribution in [1.29, 1.82) is 0 Å². The molecule has 0 bridgehead atoms. The first-order valence-corrected chi connectivity index (χ1v) is 9.22. The quantitative estimate of drug-likeness (QED) is 0.904. The van der Waals surface area contributed by atoms with Gasteiger partial charge in [0.25, 0.3) is 5.91 Å². The number of amides is 1. The molecule has 1 N–H and O–H groups in total. The summed E-state index contributed by atoms with van der Waals surface area (Å²) in [5.41, 5.74) is 1.59. The van der Waals surface area contributed by atoms with Crippen LogP contribution in [0.2, 0.25) is 0 Å². The van der Waals surface area contributed by atoms with Gasteiger partial charge in [0.05, 0.1) is 6.61 Å². The van der Waals surface area contributed by atoms with Gasteiger partial charge in [0.1, 0.15) is 12.7 Å². The first-order chi connectivity index (χ1) is 12.8. The molecule has 1 aromatic carbocycles. The number of hydrogen-bond acceptors (Lipinski definition) is 5. The summed E-state index contributed by atoms with van der Waals surface area (Å²) in [5, 5.41) is 10.8. The molecule has 1 aromatic heterocycles. The average Bonchev–Trinajstić information content (AvgIpc) is 3.24. The van der Waals surface area contributed by atoms with Gasteiger partial charge in [-0.25, -0.2) is 0 Å². The number of hydrogen-bond donors (Lipinski definition) is 1. The van der Waals surface area contributed by atoms with Gasteiger partial charge in [0.15, 0.2) is 0 Å². The minimum atomic E-state index is -0.0238. The van der Waals surface area contributed by atoms with E-state index in [1.807, 2.05) is 24.3 Å². The SMILES string of the molecule is O=C(N[C@@H]1CCOC[C@@H]1C1CCOCC1)c1ccc(-n2cnnc2)cc1. The molecule has 0 aliphatic carbocycles. The van der Waals surface area contributed by atoms with Gasteiger partial charge >= 0.3 is 0 Å². The van der Waals surface area contributed by atoms with Gasteiger partial charge in [-0.2, -0.15) is 0 Å². The van der Waals surface area contributed by atoms with Crippen molar-refractivity contribution in [2.75, 3.05) is 26.4 Å². The number of benzene rings is 1. The Hall–Kier alpha value is -2.25. The van der Waals surface area contributed by atoms with Crippen LogP contribution in [0.5, 0.6) is 0 Å². The zero-order chi connectivity index (χ0) is 17.8. The number of nitrogens with zero attached hydrogens (tertiary/aromatic N) is 3. The van der Waals surface area contributed by atoms with Crippen molar-refractivity contribution in [3.63, 3.8) is 0 Å². The van der Waals surface area contributed by atoms with Crippen molar-refractivity contribution >= 4 is 5.91 Å². The number of carbonyl (C=O) groups is 1. The van der Waals surface area contributed by atoms with E-state index in [-0.39, 0.29) is 11.9 Å². The first kappa shape index (κ1) is 17.2. The molecule has 3 heterocycles. The van der Waals surface area contributed by atoms with Crippen LogP contribution in [0.25, 0.3) is 5.69 Å². The molecule has 138 valence electrons. The molecule has 2 aliphatic heterocycles. The third kappa shape index (κ3) is 3.78. The summed E-state index contributed by atoms with van der Waals surface area (Å²) < 4.78 is 13.0. The lowest BCUT2D eigenvalue weighted by Crippen LogP contribution is -2.49. The van der Waals surface area contributed by atoms with Crippen LogP contribution in [0.4, 0.5) is 0 Å². The van der Waals surface area contributed by atoms with Crippen LogP contribution >= 0.6 is 0 Å². The van der Waals surface area contributed by atoms with Gasteiger partial charge in [-0.1, -0.05) is 0 Å². The molecule has 26 heavy (non-hydrogen) atoms. The van der Waals surface area contributed by atoms with E-state index < -0.39 is 0 Å². The maximum absolute atomic E-state index is 12.7. The Morgan fingerprint density at radius 2 is 1.69 bits per heavy atom. The van der Waals surface area contributed by atoms with E-state index in [9.17, 15) is 4.79 Å². The summed E-state index contributed by atoms with van der Waals surface area (Å²) in [5.74, 6) is 0.905. The molecule has 0 radical (unpaired) electrons. The molecular formula is C19H24N4O3. The Kier molecular flexibility index (Phi) is 5.26. The highest BCUT2D eigenvalue weighted by atomic mass is 16.5. The van der Waals surface area contributed by atoms with E-state index in [0.717, 1.165) is 44.8 Å². The molecule has 2 atom stereocenters. The Bertz CT molecular complexity index is 711. The highest BCUT2D eigenvalue weighted by Crippen LogP contribution is 2.30. The normalized spacial score (nSPS) is 24.3. The largest absolute Gasteiger partial charge is 0.381 e. The highest BCUT2D eigenvalue weighted by Gasteiger charge is 2.34.